The predicted octanol–water partition coefficient (Wildman–Crippen LogP) is 3.69. The average molecular weight is 626 g/mol. The van der Waals surface area contributed by atoms with Crippen molar-refractivity contribution >= 4 is 38.5 Å². The van der Waals surface area contributed by atoms with Crippen molar-refractivity contribution in [1.82, 2.24) is 29.5 Å². The number of anilines is 1. The average Bonchev–Trinajstić information content (AvgIpc) is 3.55. The molecule has 2 unspecified atom stereocenters. The summed E-state index contributed by atoms with van der Waals surface area (Å²) >= 11 is 1.50. The minimum absolute atomic E-state index is 0.0291. The molecule has 4 rings (SSSR count). The van der Waals surface area contributed by atoms with Gasteiger partial charge in [-0.3, -0.25) is 9.78 Å². The summed E-state index contributed by atoms with van der Waals surface area (Å²) in [4.78, 5) is 27.6. The lowest BCUT2D eigenvalue weighted by Crippen LogP contribution is -2.50. The Bertz CT molecular complexity index is 1700. The second-order valence-electron chi connectivity index (χ2n) is 9.72. The van der Waals surface area contributed by atoms with Crippen molar-refractivity contribution < 1.29 is 31.5 Å². The molecule has 0 aliphatic carbocycles. The number of pyridine rings is 1. The van der Waals surface area contributed by atoms with Gasteiger partial charge >= 0.3 is 6.18 Å². The van der Waals surface area contributed by atoms with Gasteiger partial charge in [0.25, 0.3) is 5.91 Å². The minimum atomic E-state index is -5.11. The van der Waals surface area contributed by atoms with Crippen LogP contribution in [-0.2, 0) is 21.1 Å². The number of aliphatic hydroxyl groups is 1. The second kappa shape index (κ2) is 11.9. The van der Waals surface area contributed by atoms with Crippen LogP contribution in [0.1, 0.15) is 37.3 Å². The van der Waals surface area contributed by atoms with E-state index in [0.717, 1.165) is 21.0 Å². The van der Waals surface area contributed by atoms with Crippen LogP contribution in [-0.4, -0.2) is 80.0 Å². The zero-order valence-electron chi connectivity index (χ0n) is 23.3. The molecule has 0 bridgehead atoms. The van der Waals surface area contributed by atoms with E-state index >= 15 is 0 Å². The number of carbonyl (C=O) groups is 1. The highest BCUT2D eigenvalue weighted by molar-refractivity contribution is 7.91. The largest absolute Gasteiger partial charge is 0.423 e. The summed E-state index contributed by atoms with van der Waals surface area (Å²) in [5.41, 5.74) is 8.50. The number of thiazole rings is 1. The number of nitrogens with two attached hydrogens (primary N) is 1. The quantitative estimate of drug-likeness (QED) is 0.268. The fraction of sp³-hybridized carbons (Fsp3) is 0.423. The summed E-state index contributed by atoms with van der Waals surface area (Å²) in [5.74, 6) is -1.64. The van der Waals surface area contributed by atoms with Gasteiger partial charge in [-0.15, -0.1) is 11.3 Å². The van der Waals surface area contributed by atoms with Crippen molar-refractivity contribution in [2.24, 2.45) is 0 Å². The van der Waals surface area contributed by atoms with Gasteiger partial charge < -0.3 is 15.7 Å². The number of aliphatic hydroxyl groups excluding tert-OH is 1. The Morgan fingerprint density at radius 1 is 1.19 bits per heavy atom. The van der Waals surface area contributed by atoms with E-state index in [2.05, 4.69) is 20.1 Å². The standard InChI is InChI=1S/C26H30F3N7O4S2/c1-5-16(35(6-2)25(38)21(37)26(27,28)29)8-10-18-20(42(4,39)40)22(30)36-23(34-18)17(13-33-36)15-7-9-19(31-12-15)24-32-11-14(3)41-24/h7,9,11-13,16,21,37H,5-6,8,10,30H2,1-4H3. The highest BCUT2D eigenvalue weighted by atomic mass is 32.2. The van der Waals surface area contributed by atoms with E-state index < -0.39 is 34.1 Å². The second-order valence-corrected chi connectivity index (χ2v) is 12.9. The molecule has 16 heteroatoms. The highest BCUT2D eigenvalue weighted by Crippen LogP contribution is 2.32. The molecule has 4 heterocycles. The van der Waals surface area contributed by atoms with Gasteiger partial charge in [0.05, 0.1) is 17.6 Å². The number of halogens is 3. The first-order valence-corrected chi connectivity index (χ1v) is 15.7. The summed E-state index contributed by atoms with van der Waals surface area (Å²) in [5, 5.41) is 14.6. The molecule has 226 valence electrons. The van der Waals surface area contributed by atoms with Crippen molar-refractivity contribution in [2.45, 2.75) is 63.3 Å². The lowest BCUT2D eigenvalue weighted by molar-refractivity contribution is -0.211. The first-order chi connectivity index (χ1) is 19.7. The molecule has 0 radical (unpaired) electrons. The summed E-state index contributed by atoms with van der Waals surface area (Å²) in [7, 11) is -3.91. The van der Waals surface area contributed by atoms with E-state index in [1.165, 1.54) is 29.0 Å². The molecule has 0 fully saturated rings. The van der Waals surface area contributed by atoms with E-state index in [0.29, 0.717) is 16.8 Å². The maximum Gasteiger partial charge on any atom is 0.423 e. The van der Waals surface area contributed by atoms with Gasteiger partial charge in [-0.25, -0.2) is 18.4 Å². The third-order valence-electron chi connectivity index (χ3n) is 6.79. The van der Waals surface area contributed by atoms with E-state index in [-0.39, 0.29) is 47.9 Å². The first-order valence-electron chi connectivity index (χ1n) is 13.0. The molecule has 2 atom stereocenters. The Kier molecular flexibility index (Phi) is 8.89. The highest BCUT2D eigenvalue weighted by Gasteiger charge is 2.46. The molecule has 0 saturated carbocycles. The van der Waals surface area contributed by atoms with Crippen LogP contribution in [0.4, 0.5) is 19.0 Å². The van der Waals surface area contributed by atoms with E-state index in [1.807, 2.05) is 13.0 Å². The van der Waals surface area contributed by atoms with Gasteiger partial charge in [0.2, 0.25) is 6.10 Å². The van der Waals surface area contributed by atoms with Gasteiger partial charge in [-0.1, -0.05) is 13.0 Å². The molecule has 42 heavy (non-hydrogen) atoms. The Balaban J connectivity index is 1.71. The number of hydrogen-bond acceptors (Lipinski definition) is 10. The van der Waals surface area contributed by atoms with Crippen molar-refractivity contribution in [2.75, 3.05) is 18.5 Å². The number of nitrogens with zero attached hydrogens (tertiary/aromatic N) is 6. The lowest BCUT2D eigenvalue weighted by atomic mass is 10.0. The van der Waals surface area contributed by atoms with Gasteiger partial charge in [0.1, 0.15) is 15.7 Å². The minimum Gasteiger partial charge on any atom is -0.382 e. The van der Waals surface area contributed by atoms with Crippen LogP contribution in [0.15, 0.2) is 35.6 Å². The number of sulfone groups is 1. The van der Waals surface area contributed by atoms with E-state index in [9.17, 15) is 31.5 Å². The molecular weight excluding hydrogens is 595 g/mol. The van der Waals surface area contributed by atoms with Gasteiger partial charge in [0, 0.05) is 47.2 Å². The number of aromatic nitrogens is 5. The molecular formula is C26H30F3N7O4S2. The fourth-order valence-corrected chi connectivity index (χ4v) is 6.54. The molecule has 11 nitrogen and oxygen atoms in total. The van der Waals surface area contributed by atoms with E-state index in [4.69, 9.17) is 5.73 Å². The molecule has 0 saturated heterocycles. The predicted molar refractivity (Wildman–Crippen MR) is 151 cm³/mol. The van der Waals surface area contributed by atoms with Crippen LogP contribution in [0.3, 0.4) is 0 Å². The number of aryl methyl sites for hydroxylation is 2. The maximum atomic E-state index is 13.0. The topological polar surface area (TPSA) is 157 Å². The number of carbonyl (C=O) groups excluding carboxylic acids is 1. The SMILES string of the molecule is CCC(CCc1nc2c(-c3ccc(-c4ncc(C)s4)nc3)cnn2c(N)c1S(C)(=O)=O)N(CC)C(=O)C(O)C(F)(F)F. The zero-order chi connectivity index (χ0) is 31.0. The van der Waals surface area contributed by atoms with Gasteiger partial charge in [-0.2, -0.15) is 22.8 Å². The van der Waals surface area contributed by atoms with Crippen molar-refractivity contribution in [3.63, 3.8) is 0 Å². The van der Waals surface area contributed by atoms with Crippen LogP contribution < -0.4 is 5.73 Å². The molecule has 0 aliphatic heterocycles. The molecule has 3 N–H and O–H groups in total. The van der Waals surface area contributed by atoms with Gasteiger partial charge in [0.15, 0.2) is 15.5 Å². The summed E-state index contributed by atoms with van der Waals surface area (Å²) in [6.07, 6.45) is -2.14. The Morgan fingerprint density at radius 3 is 2.43 bits per heavy atom. The summed E-state index contributed by atoms with van der Waals surface area (Å²) in [6.45, 7) is 5.04. The number of rotatable bonds is 10. The number of nitrogen functional groups attached to an aromatic ring is 1. The van der Waals surface area contributed by atoms with Crippen LogP contribution in [0.2, 0.25) is 0 Å². The van der Waals surface area contributed by atoms with Crippen molar-refractivity contribution in [1.29, 1.82) is 0 Å². The zero-order valence-corrected chi connectivity index (χ0v) is 24.9. The lowest BCUT2D eigenvalue weighted by Gasteiger charge is -2.32. The van der Waals surface area contributed by atoms with E-state index in [1.54, 1.807) is 25.4 Å². The first kappa shape index (κ1) is 31.3. The molecule has 1 amide bonds. The normalized spacial score (nSPS) is 13.8. The summed E-state index contributed by atoms with van der Waals surface area (Å²) in [6, 6.07) is 2.87. The fourth-order valence-electron chi connectivity index (χ4n) is 4.75. The number of alkyl halides is 3. The van der Waals surface area contributed by atoms with Crippen molar-refractivity contribution in [3.8, 4) is 21.8 Å². The van der Waals surface area contributed by atoms with Crippen LogP contribution >= 0.6 is 11.3 Å². The smallest absolute Gasteiger partial charge is 0.382 e. The monoisotopic (exact) mass is 625 g/mol. The summed E-state index contributed by atoms with van der Waals surface area (Å²) < 4.78 is 65.9. The molecule has 0 aromatic carbocycles. The number of fused-ring (bicyclic) bond motifs is 1. The third-order valence-corrected chi connectivity index (χ3v) is 8.91. The van der Waals surface area contributed by atoms with Crippen LogP contribution in [0.25, 0.3) is 27.5 Å². The molecule has 4 aromatic heterocycles. The number of likely N-dealkylation sites (N-methyl/N-ethyl adjacent to an activating group) is 1. The molecule has 0 aliphatic rings. The third kappa shape index (κ3) is 6.24. The van der Waals surface area contributed by atoms with Crippen LogP contribution in [0.5, 0.6) is 0 Å². The van der Waals surface area contributed by atoms with Crippen LogP contribution in [0, 0.1) is 6.92 Å². The van der Waals surface area contributed by atoms with Crippen molar-refractivity contribution in [3.05, 3.63) is 41.3 Å². The Morgan fingerprint density at radius 2 is 1.90 bits per heavy atom. The van der Waals surface area contributed by atoms with Gasteiger partial charge in [-0.05, 0) is 39.2 Å². The Labute approximate surface area is 244 Å². The Hall–Kier alpha value is -3.63. The maximum absolute atomic E-state index is 13.0. The number of amides is 1. The number of hydrogen-bond donors (Lipinski definition) is 2. The molecule has 0 spiro atoms. The molecule has 4 aromatic rings.